The van der Waals surface area contributed by atoms with Gasteiger partial charge >= 0.3 is 0 Å². The molecule has 1 unspecified atom stereocenters. The van der Waals surface area contributed by atoms with Crippen molar-refractivity contribution < 1.29 is 4.79 Å². The summed E-state index contributed by atoms with van der Waals surface area (Å²) in [5.74, 6) is 0.512. The number of unbranched alkanes of at least 4 members (excludes halogenated alkanes) is 1. The summed E-state index contributed by atoms with van der Waals surface area (Å²) in [6, 6.07) is -0.348. The number of carbonyl (C=O) groups is 1. The highest BCUT2D eigenvalue weighted by atomic mass is 16.2. The highest BCUT2D eigenvalue weighted by molar-refractivity contribution is 5.81. The van der Waals surface area contributed by atoms with Gasteiger partial charge in [0.15, 0.2) is 0 Å². The van der Waals surface area contributed by atoms with Gasteiger partial charge in [0.2, 0.25) is 5.91 Å². The van der Waals surface area contributed by atoms with E-state index >= 15 is 0 Å². The van der Waals surface area contributed by atoms with Crippen LogP contribution in [0, 0.1) is 5.92 Å². The molecule has 0 bridgehead atoms. The lowest BCUT2D eigenvalue weighted by molar-refractivity contribution is -0.131. The van der Waals surface area contributed by atoms with Crippen LogP contribution < -0.4 is 5.73 Å². The Morgan fingerprint density at radius 3 is 2.60 bits per heavy atom. The molecular formula is C12H24N2O. The summed E-state index contributed by atoms with van der Waals surface area (Å²) in [5.41, 5.74) is 5.81. The average molecular weight is 212 g/mol. The molecule has 0 saturated heterocycles. The Morgan fingerprint density at radius 2 is 2.13 bits per heavy atom. The Balaban J connectivity index is 3.90. The molecule has 0 radical (unpaired) electrons. The predicted octanol–water partition coefficient (Wildman–Crippen LogP) is 1.78. The molecule has 0 fully saturated rings. The summed E-state index contributed by atoms with van der Waals surface area (Å²) in [7, 11) is 1.81. The molecule has 0 aromatic rings. The van der Waals surface area contributed by atoms with Crippen molar-refractivity contribution in [3.63, 3.8) is 0 Å². The van der Waals surface area contributed by atoms with Crippen LogP contribution in [0.3, 0.4) is 0 Å². The van der Waals surface area contributed by atoms with Crippen LogP contribution in [0.2, 0.25) is 0 Å². The van der Waals surface area contributed by atoms with E-state index in [2.05, 4.69) is 20.4 Å². The molecule has 1 atom stereocenters. The molecule has 0 aliphatic carbocycles. The lowest BCUT2D eigenvalue weighted by Gasteiger charge is -2.22. The van der Waals surface area contributed by atoms with Crippen molar-refractivity contribution in [3.8, 4) is 0 Å². The van der Waals surface area contributed by atoms with Gasteiger partial charge in [-0.15, -0.1) is 6.58 Å². The van der Waals surface area contributed by atoms with Gasteiger partial charge in [-0.1, -0.05) is 19.9 Å². The molecule has 0 aliphatic heterocycles. The summed E-state index contributed by atoms with van der Waals surface area (Å²) >= 11 is 0. The van der Waals surface area contributed by atoms with Gasteiger partial charge in [0, 0.05) is 13.6 Å². The number of rotatable bonds is 7. The number of amides is 1. The normalized spacial score (nSPS) is 12.6. The second kappa shape index (κ2) is 7.46. The first kappa shape index (κ1) is 14.2. The zero-order valence-electron chi connectivity index (χ0n) is 10.2. The fourth-order valence-corrected chi connectivity index (χ4v) is 1.47. The molecule has 15 heavy (non-hydrogen) atoms. The van der Waals surface area contributed by atoms with E-state index in [0.717, 1.165) is 25.8 Å². The van der Waals surface area contributed by atoms with Crippen LogP contribution in [0.25, 0.3) is 0 Å². The number of hydrogen-bond donors (Lipinski definition) is 1. The van der Waals surface area contributed by atoms with E-state index in [4.69, 9.17) is 5.73 Å². The largest absolute Gasteiger partial charge is 0.344 e. The van der Waals surface area contributed by atoms with Gasteiger partial charge in [-0.25, -0.2) is 0 Å². The van der Waals surface area contributed by atoms with Crippen molar-refractivity contribution in [1.82, 2.24) is 4.90 Å². The quantitative estimate of drug-likeness (QED) is 0.516. The summed E-state index contributed by atoms with van der Waals surface area (Å²) < 4.78 is 0. The first-order valence-electron chi connectivity index (χ1n) is 5.60. The molecule has 88 valence electrons. The first-order chi connectivity index (χ1) is 6.99. The first-order valence-corrected chi connectivity index (χ1v) is 5.60. The Hall–Kier alpha value is -0.830. The van der Waals surface area contributed by atoms with Crippen LogP contribution in [0.4, 0.5) is 0 Å². The number of allylic oxidation sites excluding steroid dienone is 1. The molecule has 0 saturated carbocycles. The van der Waals surface area contributed by atoms with Crippen molar-refractivity contribution >= 4 is 5.91 Å². The van der Waals surface area contributed by atoms with Gasteiger partial charge in [0.25, 0.3) is 0 Å². The van der Waals surface area contributed by atoms with E-state index in [9.17, 15) is 4.79 Å². The monoisotopic (exact) mass is 212 g/mol. The molecule has 0 aromatic carbocycles. The van der Waals surface area contributed by atoms with E-state index in [1.165, 1.54) is 0 Å². The maximum Gasteiger partial charge on any atom is 0.239 e. The third kappa shape index (κ3) is 6.28. The number of likely N-dealkylation sites (N-methyl/N-ethyl adjacent to an activating group) is 1. The molecule has 0 heterocycles. The van der Waals surface area contributed by atoms with Crippen LogP contribution in [0.1, 0.15) is 33.1 Å². The smallest absolute Gasteiger partial charge is 0.239 e. The lowest BCUT2D eigenvalue weighted by Crippen LogP contribution is -2.42. The molecule has 0 aliphatic rings. The third-order valence-electron chi connectivity index (χ3n) is 2.32. The SMILES string of the molecule is C=CCCCN(C)C(=O)C(N)CC(C)C. The van der Waals surface area contributed by atoms with Crippen LogP contribution in [-0.4, -0.2) is 30.4 Å². The van der Waals surface area contributed by atoms with Crippen molar-refractivity contribution in [2.75, 3.05) is 13.6 Å². The van der Waals surface area contributed by atoms with Crippen LogP contribution in [0.5, 0.6) is 0 Å². The fraction of sp³-hybridized carbons (Fsp3) is 0.750. The van der Waals surface area contributed by atoms with E-state index in [1.807, 2.05) is 13.1 Å². The van der Waals surface area contributed by atoms with Gasteiger partial charge in [-0.3, -0.25) is 4.79 Å². The van der Waals surface area contributed by atoms with Gasteiger partial charge in [0.1, 0.15) is 0 Å². The summed E-state index contributed by atoms with van der Waals surface area (Å²) in [5, 5.41) is 0. The molecule has 3 nitrogen and oxygen atoms in total. The third-order valence-corrected chi connectivity index (χ3v) is 2.32. The molecule has 0 spiro atoms. The topological polar surface area (TPSA) is 46.3 Å². The van der Waals surface area contributed by atoms with Crippen LogP contribution in [0.15, 0.2) is 12.7 Å². The fourth-order valence-electron chi connectivity index (χ4n) is 1.47. The van der Waals surface area contributed by atoms with Crippen LogP contribution in [-0.2, 0) is 4.79 Å². The van der Waals surface area contributed by atoms with E-state index in [1.54, 1.807) is 4.90 Å². The Bertz CT molecular complexity index is 202. The second-order valence-corrected chi connectivity index (χ2v) is 4.43. The van der Waals surface area contributed by atoms with E-state index < -0.39 is 0 Å². The maximum absolute atomic E-state index is 11.7. The minimum Gasteiger partial charge on any atom is -0.344 e. The lowest BCUT2D eigenvalue weighted by atomic mass is 10.0. The summed E-state index contributed by atoms with van der Waals surface area (Å²) in [4.78, 5) is 13.5. The molecule has 0 aromatic heterocycles. The molecular weight excluding hydrogens is 188 g/mol. The van der Waals surface area contributed by atoms with Gasteiger partial charge in [0.05, 0.1) is 6.04 Å². The molecule has 0 rings (SSSR count). The van der Waals surface area contributed by atoms with E-state index in [-0.39, 0.29) is 11.9 Å². The zero-order chi connectivity index (χ0) is 11.8. The molecule has 3 heteroatoms. The van der Waals surface area contributed by atoms with Crippen molar-refractivity contribution in [3.05, 3.63) is 12.7 Å². The van der Waals surface area contributed by atoms with Gasteiger partial charge < -0.3 is 10.6 Å². The van der Waals surface area contributed by atoms with Crippen molar-refractivity contribution in [2.24, 2.45) is 11.7 Å². The molecule has 2 N–H and O–H groups in total. The maximum atomic E-state index is 11.7. The minimum absolute atomic E-state index is 0.0489. The molecule has 1 amide bonds. The average Bonchev–Trinajstić information content (AvgIpc) is 2.15. The number of nitrogens with two attached hydrogens (primary N) is 1. The Morgan fingerprint density at radius 1 is 1.53 bits per heavy atom. The summed E-state index contributed by atoms with van der Waals surface area (Å²) in [6.07, 6.45) is 4.52. The summed E-state index contributed by atoms with van der Waals surface area (Å²) in [6.45, 7) is 8.56. The Labute approximate surface area is 93.3 Å². The minimum atomic E-state index is -0.348. The number of hydrogen-bond acceptors (Lipinski definition) is 2. The highest BCUT2D eigenvalue weighted by Gasteiger charge is 2.18. The zero-order valence-corrected chi connectivity index (χ0v) is 10.2. The predicted molar refractivity (Wildman–Crippen MR) is 64.5 cm³/mol. The van der Waals surface area contributed by atoms with E-state index in [0.29, 0.717) is 5.92 Å². The van der Waals surface area contributed by atoms with Gasteiger partial charge in [-0.2, -0.15) is 0 Å². The number of nitrogens with zero attached hydrogens (tertiary/aromatic N) is 1. The standard InChI is InChI=1S/C12H24N2O/c1-5-6-7-8-14(4)12(15)11(13)9-10(2)3/h5,10-11H,1,6-9,13H2,2-4H3. The van der Waals surface area contributed by atoms with Crippen molar-refractivity contribution in [1.29, 1.82) is 0 Å². The second-order valence-electron chi connectivity index (χ2n) is 4.43. The highest BCUT2D eigenvalue weighted by Crippen LogP contribution is 2.05. The Kier molecular flexibility index (Phi) is 7.05. The van der Waals surface area contributed by atoms with Crippen molar-refractivity contribution in [2.45, 2.75) is 39.2 Å². The van der Waals surface area contributed by atoms with Gasteiger partial charge in [-0.05, 0) is 25.2 Å². The number of carbonyl (C=O) groups excluding carboxylic acids is 1. The van der Waals surface area contributed by atoms with Crippen LogP contribution >= 0.6 is 0 Å².